The number of hydrogen-bond acceptors (Lipinski definition) is 4. The van der Waals surface area contributed by atoms with Crippen LogP contribution in [0.25, 0.3) is 0 Å². The first kappa shape index (κ1) is 12.5. The molecule has 1 aliphatic heterocycles. The lowest BCUT2D eigenvalue weighted by molar-refractivity contribution is 0.0647. The highest BCUT2D eigenvalue weighted by atomic mass is 32.1. The van der Waals surface area contributed by atoms with Gasteiger partial charge in [0.15, 0.2) is 17.6 Å². The second-order valence-corrected chi connectivity index (χ2v) is 5.95. The molecule has 0 bridgehead atoms. The summed E-state index contributed by atoms with van der Waals surface area (Å²) >= 11 is 1.80. The van der Waals surface area contributed by atoms with Crippen molar-refractivity contribution in [3.8, 4) is 11.5 Å². The third-order valence-electron chi connectivity index (χ3n) is 3.28. The summed E-state index contributed by atoms with van der Waals surface area (Å²) in [5.41, 5.74) is 0. The van der Waals surface area contributed by atoms with Gasteiger partial charge in [-0.2, -0.15) is 0 Å². The van der Waals surface area contributed by atoms with Crippen molar-refractivity contribution in [2.45, 2.75) is 19.1 Å². The van der Waals surface area contributed by atoms with Crippen molar-refractivity contribution in [3.05, 3.63) is 46.2 Å². The van der Waals surface area contributed by atoms with Crippen molar-refractivity contribution in [2.24, 2.45) is 0 Å². The van der Waals surface area contributed by atoms with Crippen LogP contribution in [-0.2, 0) is 0 Å². The molecule has 3 nitrogen and oxygen atoms in total. The maximum absolute atomic E-state index is 6.07. The Balaban J connectivity index is 1.83. The van der Waals surface area contributed by atoms with Crippen LogP contribution in [0.5, 0.6) is 11.5 Å². The van der Waals surface area contributed by atoms with E-state index in [4.69, 9.17) is 9.47 Å². The number of thiophene rings is 1. The Morgan fingerprint density at radius 1 is 1.21 bits per heavy atom. The summed E-state index contributed by atoms with van der Waals surface area (Å²) in [6.45, 7) is 2.69. The molecule has 1 aliphatic rings. The molecule has 0 amide bonds. The molecule has 1 aromatic carbocycles. The summed E-state index contributed by atoms with van der Waals surface area (Å²) in [4.78, 5) is 2.60. The molecule has 0 radical (unpaired) electrons. The van der Waals surface area contributed by atoms with Gasteiger partial charge in [0.25, 0.3) is 0 Å². The minimum absolute atomic E-state index is 0.00190. The number of rotatable bonds is 3. The van der Waals surface area contributed by atoms with Crippen LogP contribution in [0.2, 0.25) is 0 Å². The fourth-order valence-electron chi connectivity index (χ4n) is 2.33. The van der Waals surface area contributed by atoms with Gasteiger partial charge < -0.3 is 14.8 Å². The van der Waals surface area contributed by atoms with Gasteiger partial charge >= 0.3 is 0 Å². The van der Waals surface area contributed by atoms with Gasteiger partial charge in [-0.15, -0.1) is 11.3 Å². The number of aryl methyl sites for hydroxylation is 1. The summed E-state index contributed by atoms with van der Waals surface area (Å²) in [5, 5.41) is 3.34. The van der Waals surface area contributed by atoms with Gasteiger partial charge in [0.2, 0.25) is 0 Å². The molecule has 3 rings (SSSR count). The monoisotopic (exact) mass is 275 g/mol. The Labute approximate surface area is 117 Å². The van der Waals surface area contributed by atoms with Gasteiger partial charge in [0, 0.05) is 9.75 Å². The number of ether oxygens (including phenoxy) is 2. The fraction of sp³-hybridized carbons (Fsp3) is 0.333. The van der Waals surface area contributed by atoms with Crippen LogP contribution >= 0.6 is 11.3 Å². The maximum atomic E-state index is 6.07. The quantitative estimate of drug-likeness (QED) is 0.933. The summed E-state index contributed by atoms with van der Waals surface area (Å²) < 4.78 is 11.9. The Kier molecular flexibility index (Phi) is 3.44. The second-order valence-electron chi connectivity index (χ2n) is 4.63. The van der Waals surface area contributed by atoms with E-state index in [1.54, 1.807) is 11.3 Å². The number of hydrogen-bond donors (Lipinski definition) is 1. The first-order chi connectivity index (χ1) is 9.28. The molecule has 4 heteroatoms. The molecule has 2 heterocycles. The van der Waals surface area contributed by atoms with E-state index >= 15 is 0 Å². The average molecular weight is 275 g/mol. The smallest absolute Gasteiger partial charge is 0.161 e. The first-order valence-electron chi connectivity index (χ1n) is 6.40. The lowest BCUT2D eigenvalue weighted by Gasteiger charge is -2.31. The minimum atomic E-state index is -0.00190. The number of benzene rings is 1. The van der Waals surface area contributed by atoms with Gasteiger partial charge in [-0.25, -0.2) is 0 Å². The minimum Gasteiger partial charge on any atom is -0.486 e. The molecule has 19 heavy (non-hydrogen) atoms. The van der Waals surface area contributed by atoms with Crippen LogP contribution in [0.3, 0.4) is 0 Å². The number of fused-ring (bicyclic) bond motifs is 1. The van der Waals surface area contributed by atoms with Crippen LogP contribution in [0.4, 0.5) is 0 Å². The molecule has 1 N–H and O–H groups in total. The Bertz CT molecular complexity index is 567. The third-order valence-corrected chi connectivity index (χ3v) is 4.36. The van der Waals surface area contributed by atoms with E-state index < -0.39 is 0 Å². The molecule has 0 saturated heterocycles. The third kappa shape index (κ3) is 2.46. The molecule has 0 fully saturated rings. The topological polar surface area (TPSA) is 30.5 Å². The summed E-state index contributed by atoms with van der Waals surface area (Å²) in [7, 11) is 1.96. The Hall–Kier alpha value is -1.52. The van der Waals surface area contributed by atoms with Crippen molar-refractivity contribution >= 4 is 11.3 Å². The van der Waals surface area contributed by atoms with Crippen LogP contribution in [0, 0.1) is 6.92 Å². The van der Waals surface area contributed by atoms with Crippen molar-refractivity contribution < 1.29 is 9.47 Å². The van der Waals surface area contributed by atoms with Gasteiger partial charge in [-0.1, -0.05) is 12.1 Å². The molecule has 2 unspecified atom stereocenters. The molecule has 1 aromatic heterocycles. The van der Waals surface area contributed by atoms with E-state index in [-0.39, 0.29) is 12.1 Å². The predicted octanol–water partition coefficient (Wildman–Crippen LogP) is 3.16. The highest BCUT2D eigenvalue weighted by molar-refractivity contribution is 7.12. The first-order valence-corrected chi connectivity index (χ1v) is 7.21. The Morgan fingerprint density at radius 3 is 2.68 bits per heavy atom. The van der Waals surface area contributed by atoms with E-state index in [0.717, 1.165) is 11.5 Å². The maximum Gasteiger partial charge on any atom is 0.161 e. The zero-order chi connectivity index (χ0) is 13.2. The van der Waals surface area contributed by atoms with Crippen LogP contribution < -0.4 is 14.8 Å². The zero-order valence-electron chi connectivity index (χ0n) is 11.1. The van der Waals surface area contributed by atoms with E-state index in [9.17, 15) is 0 Å². The van der Waals surface area contributed by atoms with Crippen LogP contribution in [0.15, 0.2) is 36.4 Å². The normalized spacial score (nSPS) is 19.2. The van der Waals surface area contributed by atoms with Crippen LogP contribution in [0.1, 0.15) is 15.8 Å². The molecule has 2 aromatic rings. The number of likely N-dealkylation sites (N-methyl/N-ethyl adjacent to an activating group) is 1. The summed E-state index contributed by atoms with van der Waals surface area (Å²) in [5.74, 6) is 1.66. The zero-order valence-corrected chi connectivity index (χ0v) is 11.9. The van der Waals surface area contributed by atoms with Gasteiger partial charge in [0.1, 0.15) is 6.61 Å². The molecule has 0 saturated carbocycles. The van der Waals surface area contributed by atoms with Crippen LogP contribution in [-0.4, -0.2) is 19.8 Å². The van der Waals surface area contributed by atoms with Crippen molar-refractivity contribution in [1.29, 1.82) is 0 Å². The average Bonchev–Trinajstić information content (AvgIpc) is 2.86. The fourth-order valence-corrected chi connectivity index (χ4v) is 3.37. The van der Waals surface area contributed by atoms with Gasteiger partial charge in [-0.3, -0.25) is 0 Å². The van der Waals surface area contributed by atoms with Gasteiger partial charge in [0.05, 0.1) is 6.04 Å². The lowest BCUT2D eigenvalue weighted by atomic mass is 10.1. The second kappa shape index (κ2) is 5.23. The number of para-hydroxylation sites is 2. The molecular formula is C15H17NO2S. The highest BCUT2D eigenvalue weighted by Gasteiger charge is 2.29. The van der Waals surface area contributed by atoms with Crippen molar-refractivity contribution in [3.63, 3.8) is 0 Å². The number of nitrogens with one attached hydrogen (secondary N) is 1. The molecule has 0 spiro atoms. The molecule has 0 aliphatic carbocycles. The van der Waals surface area contributed by atoms with Gasteiger partial charge in [-0.05, 0) is 38.2 Å². The standard InChI is InChI=1S/C15H17NO2S/c1-10-7-8-14(19-10)15(16-2)13-9-17-11-5-3-4-6-12(11)18-13/h3-8,13,15-16H,9H2,1-2H3. The summed E-state index contributed by atoms with van der Waals surface area (Å²) in [6.07, 6.45) is -0.00190. The van der Waals surface area contributed by atoms with E-state index in [0.29, 0.717) is 6.61 Å². The molecule has 2 atom stereocenters. The molecular weight excluding hydrogens is 258 g/mol. The Morgan fingerprint density at radius 2 is 2.00 bits per heavy atom. The largest absolute Gasteiger partial charge is 0.486 e. The highest BCUT2D eigenvalue weighted by Crippen LogP contribution is 2.35. The van der Waals surface area contributed by atoms with E-state index in [1.807, 2.05) is 31.3 Å². The lowest BCUT2D eigenvalue weighted by Crippen LogP contribution is -2.40. The summed E-state index contributed by atoms with van der Waals surface area (Å²) in [6, 6.07) is 12.3. The molecule has 100 valence electrons. The SMILES string of the molecule is CNC(c1ccc(C)s1)C1COc2ccccc2O1. The van der Waals surface area contributed by atoms with E-state index in [1.165, 1.54) is 9.75 Å². The van der Waals surface area contributed by atoms with E-state index in [2.05, 4.69) is 24.4 Å². The van der Waals surface area contributed by atoms with Crippen molar-refractivity contribution in [2.75, 3.05) is 13.7 Å². The van der Waals surface area contributed by atoms with Crippen molar-refractivity contribution in [1.82, 2.24) is 5.32 Å². The predicted molar refractivity (Wildman–Crippen MR) is 77.2 cm³/mol.